The molecule has 1 aromatic rings. The van der Waals surface area contributed by atoms with Crippen molar-refractivity contribution in [2.75, 3.05) is 6.54 Å². The van der Waals surface area contributed by atoms with Crippen LogP contribution in [0, 0.1) is 5.92 Å². The molecule has 0 aliphatic carbocycles. The Morgan fingerprint density at radius 1 is 1.25 bits per heavy atom. The number of carboxylic acids is 1. The topological polar surface area (TPSA) is 78.4 Å². The lowest BCUT2D eigenvalue weighted by Gasteiger charge is -2.09. The third kappa shape index (κ3) is 6.43. The highest BCUT2D eigenvalue weighted by molar-refractivity contribution is 6.30. The molecule has 0 saturated carbocycles. The lowest BCUT2D eigenvalue weighted by molar-refractivity contribution is -0.141. The second-order valence-electron chi connectivity index (χ2n) is 4.62. The van der Waals surface area contributed by atoms with Gasteiger partial charge in [0.1, 0.15) is 0 Å². The predicted octanol–water partition coefficient (Wildman–Crippen LogP) is 2.64. The molecule has 2 amide bonds. The molecule has 1 atom stereocenters. The molecule has 0 radical (unpaired) electrons. The van der Waals surface area contributed by atoms with Crippen LogP contribution >= 0.6 is 11.6 Å². The van der Waals surface area contributed by atoms with Gasteiger partial charge in [-0.3, -0.25) is 4.79 Å². The maximum Gasteiger partial charge on any atom is 0.315 e. The van der Waals surface area contributed by atoms with Crippen molar-refractivity contribution in [1.29, 1.82) is 0 Å². The van der Waals surface area contributed by atoms with Gasteiger partial charge in [0.25, 0.3) is 0 Å². The zero-order valence-corrected chi connectivity index (χ0v) is 12.1. The largest absolute Gasteiger partial charge is 0.481 e. The van der Waals surface area contributed by atoms with Crippen molar-refractivity contribution in [2.24, 2.45) is 5.92 Å². The Morgan fingerprint density at radius 2 is 1.90 bits per heavy atom. The van der Waals surface area contributed by atoms with E-state index in [0.29, 0.717) is 31.0 Å². The molecule has 0 aromatic heterocycles. The molecule has 110 valence electrons. The van der Waals surface area contributed by atoms with Crippen molar-refractivity contribution >= 4 is 23.6 Å². The molecular formula is C14H19ClN2O3. The number of nitrogens with one attached hydrogen (secondary N) is 2. The number of amides is 2. The Morgan fingerprint density at radius 3 is 2.50 bits per heavy atom. The third-order valence-electron chi connectivity index (χ3n) is 2.89. The number of urea groups is 1. The predicted molar refractivity (Wildman–Crippen MR) is 77.7 cm³/mol. The molecule has 0 aliphatic rings. The summed E-state index contributed by atoms with van der Waals surface area (Å²) in [6, 6.07) is 6.96. The van der Waals surface area contributed by atoms with Gasteiger partial charge in [-0.25, -0.2) is 4.79 Å². The molecule has 0 spiro atoms. The normalized spacial score (nSPS) is 11.7. The summed E-state index contributed by atoms with van der Waals surface area (Å²) < 4.78 is 0. The molecule has 20 heavy (non-hydrogen) atoms. The van der Waals surface area contributed by atoms with Crippen LogP contribution in [0.5, 0.6) is 0 Å². The molecule has 1 aromatic carbocycles. The van der Waals surface area contributed by atoms with E-state index in [1.165, 1.54) is 0 Å². The van der Waals surface area contributed by atoms with Gasteiger partial charge in [0.05, 0.1) is 5.92 Å². The molecule has 0 fully saturated rings. The number of hydrogen-bond acceptors (Lipinski definition) is 2. The van der Waals surface area contributed by atoms with Gasteiger partial charge < -0.3 is 15.7 Å². The molecule has 1 rings (SSSR count). The number of carbonyl (C=O) groups is 2. The molecule has 0 aliphatic heterocycles. The molecule has 5 nitrogen and oxygen atoms in total. The van der Waals surface area contributed by atoms with Gasteiger partial charge in [0.15, 0.2) is 0 Å². The minimum absolute atomic E-state index is 0.261. The standard InChI is InChI=1S/C14H19ClN2O3/c1-10(13(18)19)3-2-8-16-14(20)17-9-11-4-6-12(15)7-5-11/h4-7,10H,2-3,8-9H2,1H3,(H,18,19)(H2,16,17,20). The van der Waals surface area contributed by atoms with E-state index in [2.05, 4.69) is 10.6 Å². The van der Waals surface area contributed by atoms with E-state index in [4.69, 9.17) is 16.7 Å². The fraction of sp³-hybridized carbons (Fsp3) is 0.429. The van der Waals surface area contributed by atoms with Crippen LogP contribution in [0.4, 0.5) is 4.79 Å². The van der Waals surface area contributed by atoms with E-state index >= 15 is 0 Å². The summed E-state index contributed by atoms with van der Waals surface area (Å²) in [5, 5.41) is 14.8. The number of hydrogen-bond donors (Lipinski definition) is 3. The summed E-state index contributed by atoms with van der Waals surface area (Å²) in [7, 11) is 0. The Kier molecular flexibility index (Phi) is 6.87. The average Bonchev–Trinajstić information content (AvgIpc) is 2.42. The van der Waals surface area contributed by atoms with E-state index < -0.39 is 5.97 Å². The minimum atomic E-state index is -0.808. The van der Waals surface area contributed by atoms with Gasteiger partial charge in [-0.1, -0.05) is 30.7 Å². The smallest absolute Gasteiger partial charge is 0.315 e. The van der Waals surface area contributed by atoms with Crippen LogP contribution in [0.15, 0.2) is 24.3 Å². The molecule has 0 bridgehead atoms. The maximum atomic E-state index is 11.5. The van der Waals surface area contributed by atoms with E-state index in [1.807, 2.05) is 12.1 Å². The first-order valence-corrected chi connectivity index (χ1v) is 6.86. The summed E-state index contributed by atoms with van der Waals surface area (Å²) in [6.07, 6.45) is 1.19. The number of carbonyl (C=O) groups excluding carboxylic acids is 1. The first-order chi connectivity index (χ1) is 9.49. The SMILES string of the molecule is CC(CCCNC(=O)NCc1ccc(Cl)cc1)C(=O)O. The van der Waals surface area contributed by atoms with Gasteiger partial charge >= 0.3 is 12.0 Å². The van der Waals surface area contributed by atoms with Crippen LogP contribution in [-0.4, -0.2) is 23.7 Å². The molecule has 6 heteroatoms. The van der Waals surface area contributed by atoms with E-state index in [9.17, 15) is 9.59 Å². The molecule has 0 heterocycles. The Bertz CT molecular complexity index is 448. The monoisotopic (exact) mass is 298 g/mol. The molecule has 0 saturated heterocycles. The first-order valence-electron chi connectivity index (χ1n) is 6.48. The van der Waals surface area contributed by atoms with Crippen LogP contribution in [0.3, 0.4) is 0 Å². The van der Waals surface area contributed by atoms with Gasteiger partial charge in [-0.15, -0.1) is 0 Å². The van der Waals surface area contributed by atoms with Gasteiger partial charge in [0.2, 0.25) is 0 Å². The number of benzene rings is 1. The third-order valence-corrected chi connectivity index (χ3v) is 3.14. The number of aliphatic carboxylic acids is 1. The Hall–Kier alpha value is -1.75. The summed E-state index contributed by atoms with van der Waals surface area (Å²) in [5.41, 5.74) is 0.962. The number of rotatable bonds is 7. The minimum Gasteiger partial charge on any atom is -0.481 e. The lowest BCUT2D eigenvalue weighted by Crippen LogP contribution is -2.35. The Labute approximate surface area is 123 Å². The highest BCUT2D eigenvalue weighted by atomic mass is 35.5. The van der Waals surface area contributed by atoms with Crippen LogP contribution in [0.2, 0.25) is 5.02 Å². The summed E-state index contributed by atoms with van der Waals surface area (Å²) >= 11 is 5.77. The van der Waals surface area contributed by atoms with Crippen LogP contribution in [0.1, 0.15) is 25.3 Å². The number of halogens is 1. The second kappa shape index (κ2) is 8.43. The van der Waals surface area contributed by atoms with Gasteiger partial charge in [-0.05, 0) is 30.5 Å². The zero-order chi connectivity index (χ0) is 15.0. The highest BCUT2D eigenvalue weighted by Gasteiger charge is 2.09. The van der Waals surface area contributed by atoms with Gasteiger partial charge in [-0.2, -0.15) is 0 Å². The first kappa shape index (κ1) is 16.3. The average molecular weight is 299 g/mol. The van der Waals surface area contributed by atoms with Crippen molar-refractivity contribution in [3.63, 3.8) is 0 Å². The quantitative estimate of drug-likeness (QED) is 0.677. The maximum absolute atomic E-state index is 11.5. The van der Waals surface area contributed by atoms with Gasteiger partial charge in [0, 0.05) is 18.1 Å². The van der Waals surface area contributed by atoms with Crippen molar-refractivity contribution in [1.82, 2.24) is 10.6 Å². The molecule has 3 N–H and O–H groups in total. The Balaban J connectivity index is 2.14. The van der Waals surface area contributed by atoms with E-state index in [-0.39, 0.29) is 11.9 Å². The summed E-state index contributed by atoms with van der Waals surface area (Å²) in [5.74, 6) is -1.19. The second-order valence-corrected chi connectivity index (χ2v) is 5.05. The molecular weight excluding hydrogens is 280 g/mol. The van der Waals surface area contributed by atoms with Crippen molar-refractivity contribution in [2.45, 2.75) is 26.3 Å². The number of carboxylic acid groups (broad SMARTS) is 1. The molecule has 1 unspecified atom stereocenters. The van der Waals surface area contributed by atoms with Crippen LogP contribution in [-0.2, 0) is 11.3 Å². The lowest BCUT2D eigenvalue weighted by atomic mass is 10.1. The van der Waals surface area contributed by atoms with E-state index in [1.54, 1.807) is 19.1 Å². The summed E-state index contributed by atoms with van der Waals surface area (Å²) in [6.45, 7) is 2.54. The summed E-state index contributed by atoms with van der Waals surface area (Å²) in [4.78, 5) is 22.1. The fourth-order valence-electron chi connectivity index (χ4n) is 1.58. The highest BCUT2D eigenvalue weighted by Crippen LogP contribution is 2.09. The van der Waals surface area contributed by atoms with E-state index in [0.717, 1.165) is 5.56 Å². The zero-order valence-electron chi connectivity index (χ0n) is 11.4. The van der Waals surface area contributed by atoms with Crippen LogP contribution in [0.25, 0.3) is 0 Å². The van der Waals surface area contributed by atoms with Crippen molar-refractivity contribution in [3.8, 4) is 0 Å². The van der Waals surface area contributed by atoms with Crippen LogP contribution < -0.4 is 10.6 Å². The fourth-order valence-corrected chi connectivity index (χ4v) is 1.71. The van der Waals surface area contributed by atoms with Crippen molar-refractivity contribution in [3.05, 3.63) is 34.9 Å². The van der Waals surface area contributed by atoms with Crippen molar-refractivity contribution < 1.29 is 14.7 Å².